The van der Waals surface area contributed by atoms with Crippen LogP contribution in [0.15, 0.2) is 40.9 Å². The zero-order valence-corrected chi connectivity index (χ0v) is 18.0. The van der Waals surface area contributed by atoms with Crippen LogP contribution in [0, 0.1) is 6.57 Å². The van der Waals surface area contributed by atoms with Gasteiger partial charge in [0.1, 0.15) is 5.75 Å². The molecule has 2 aromatic carbocycles. The number of hydrogen-bond donors (Lipinski definition) is 1. The monoisotopic (exact) mass is 432 g/mol. The molecule has 0 amide bonds. The minimum Gasteiger partial charge on any atom is -0.502 e. The summed E-state index contributed by atoms with van der Waals surface area (Å²) < 4.78 is 11.2. The summed E-state index contributed by atoms with van der Waals surface area (Å²) in [5.74, 6) is 0.534. The molecule has 3 aromatic rings. The number of aromatic nitrogens is 2. The number of carboxylic acid groups (broad SMARTS) is 1. The maximum absolute atomic E-state index is 11.0. The fraction of sp³-hybridized carbons (Fsp3) is 0.333. The van der Waals surface area contributed by atoms with E-state index in [2.05, 4.69) is 27.1 Å². The summed E-state index contributed by atoms with van der Waals surface area (Å²) in [7, 11) is 0. The lowest BCUT2D eigenvalue weighted by atomic mass is 10.00. The van der Waals surface area contributed by atoms with E-state index in [1.54, 1.807) is 18.2 Å². The fourth-order valence-corrected chi connectivity index (χ4v) is 3.81. The summed E-state index contributed by atoms with van der Waals surface area (Å²) in [6.45, 7) is 12.7. The highest BCUT2D eigenvalue weighted by Crippen LogP contribution is 2.34. The molecule has 0 saturated heterocycles. The first-order chi connectivity index (χ1) is 15.4. The molecule has 4 rings (SSSR count). The number of nitrogens with zero attached hydrogens (tertiary/aromatic N) is 4. The van der Waals surface area contributed by atoms with E-state index < -0.39 is 5.97 Å². The number of aliphatic carboxylic acids is 1. The van der Waals surface area contributed by atoms with E-state index in [1.165, 1.54) is 11.1 Å². The predicted octanol–water partition coefficient (Wildman–Crippen LogP) is 4.23. The van der Waals surface area contributed by atoms with Gasteiger partial charge in [-0.2, -0.15) is 4.98 Å². The molecule has 8 heteroatoms. The Morgan fingerprint density at radius 2 is 1.94 bits per heavy atom. The van der Waals surface area contributed by atoms with Crippen LogP contribution in [0.1, 0.15) is 25.0 Å². The molecule has 32 heavy (non-hydrogen) atoms. The Hall–Kier alpha value is -3.70. The fourth-order valence-electron chi connectivity index (χ4n) is 3.81. The molecule has 1 N–H and O–H groups in total. The lowest BCUT2D eigenvalue weighted by molar-refractivity contribution is -0.138. The molecule has 0 aliphatic carbocycles. The third kappa shape index (κ3) is 4.79. The van der Waals surface area contributed by atoms with E-state index in [0.29, 0.717) is 35.3 Å². The normalized spacial score (nSPS) is 13.9. The van der Waals surface area contributed by atoms with E-state index >= 15 is 0 Å². The smallest absolute Gasteiger partial charge is 0.317 e. The van der Waals surface area contributed by atoms with Crippen LogP contribution in [-0.2, 0) is 17.6 Å². The van der Waals surface area contributed by atoms with Crippen molar-refractivity contribution >= 4 is 11.7 Å². The van der Waals surface area contributed by atoms with Gasteiger partial charge in [0.15, 0.2) is 0 Å². The Morgan fingerprint density at radius 3 is 2.66 bits per heavy atom. The van der Waals surface area contributed by atoms with E-state index in [1.807, 2.05) is 24.8 Å². The Morgan fingerprint density at radius 1 is 1.19 bits per heavy atom. The lowest BCUT2D eigenvalue weighted by Crippen LogP contribution is -2.31. The second kappa shape index (κ2) is 9.20. The molecular formula is C24H24N4O4. The molecule has 0 bridgehead atoms. The number of ether oxygens (including phenoxy) is 1. The van der Waals surface area contributed by atoms with Crippen molar-refractivity contribution in [1.82, 2.24) is 15.0 Å². The van der Waals surface area contributed by atoms with Gasteiger partial charge >= 0.3 is 5.97 Å². The third-order valence-corrected chi connectivity index (χ3v) is 5.33. The van der Waals surface area contributed by atoms with Gasteiger partial charge in [-0.25, -0.2) is 4.85 Å². The number of carboxylic acids is 1. The van der Waals surface area contributed by atoms with E-state index in [4.69, 9.17) is 20.9 Å². The highest BCUT2D eigenvalue weighted by Gasteiger charge is 2.18. The van der Waals surface area contributed by atoms with Gasteiger partial charge in [-0.05, 0) is 62.1 Å². The van der Waals surface area contributed by atoms with Crippen LogP contribution in [0.4, 0.5) is 5.69 Å². The SMILES string of the molecule is [C-]#[N+]c1cc(-c2nc(-c3ccc4c(c3)CCN(CC(=O)O)CC4)no2)ccc1OC(C)C. The van der Waals surface area contributed by atoms with Gasteiger partial charge in [0.25, 0.3) is 5.89 Å². The molecule has 1 aliphatic rings. The van der Waals surface area contributed by atoms with E-state index in [9.17, 15) is 4.79 Å². The van der Waals surface area contributed by atoms with Crippen LogP contribution in [0.3, 0.4) is 0 Å². The van der Waals surface area contributed by atoms with Crippen molar-refractivity contribution in [2.75, 3.05) is 19.6 Å². The molecule has 0 fully saturated rings. The maximum Gasteiger partial charge on any atom is 0.317 e. The summed E-state index contributed by atoms with van der Waals surface area (Å²) in [5, 5.41) is 13.2. The lowest BCUT2D eigenvalue weighted by Gasteiger charge is -2.16. The standard InChI is InChI=1S/C24H24N4O4/c1-15(2)31-21-7-6-19(13-20(21)25-3)24-26-23(27-32-24)18-5-4-16-8-10-28(14-22(29)30)11-9-17(16)12-18/h4-7,12-13,15H,8-11,14H2,1-2H3,(H,29,30). The van der Waals surface area contributed by atoms with Crippen molar-refractivity contribution in [2.45, 2.75) is 32.8 Å². The second-order valence-corrected chi connectivity index (χ2v) is 8.04. The van der Waals surface area contributed by atoms with Crippen molar-refractivity contribution in [3.63, 3.8) is 0 Å². The van der Waals surface area contributed by atoms with Gasteiger partial charge in [0.2, 0.25) is 11.5 Å². The number of hydrogen-bond acceptors (Lipinski definition) is 6. The van der Waals surface area contributed by atoms with Crippen LogP contribution < -0.4 is 4.74 Å². The van der Waals surface area contributed by atoms with Crippen molar-refractivity contribution < 1.29 is 19.2 Å². The van der Waals surface area contributed by atoms with Crippen LogP contribution in [0.2, 0.25) is 0 Å². The molecule has 0 radical (unpaired) electrons. The summed E-state index contributed by atoms with van der Waals surface area (Å²) in [5.41, 5.74) is 4.28. The van der Waals surface area contributed by atoms with E-state index in [0.717, 1.165) is 24.9 Å². The number of rotatable bonds is 6. The van der Waals surface area contributed by atoms with Gasteiger partial charge in [0, 0.05) is 24.2 Å². The Balaban J connectivity index is 1.56. The predicted molar refractivity (Wildman–Crippen MR) is 119 cm³/mol. The second-order valence-electron chi connectivity index (χ2n) is 8.04. The average Bonchev–Trinajstić information content (AvgIpc) is 3.17. The van der Waals surface area contributed by atoms with Crippen LogP contribution in [-0.4, -0.2) is 51.9 Å². The molecule has 1 aromatic heterocycles. The van der Waals surface area contributed by atoms with Crippen molar-refractivity contribution in [3.05, 3.63) is 58.9 Å². The first-order valence-electron chi connectivity index (χ1n) is 10.5. The first kappa shape index (κ1) is 21.5. The zero-order valence-electron chi connectivity index (χ0n) is 18.0. The summed E-state index contributed by atoms with van der Waals surface area (Å²) >= 11 is 0. The highest BCUT2D eigenvalue weighted by atomic mass is 16.5. The Kier molecular flexibility index (Phi) is 6.19. The van der Waals surface area contributed by atoms with Crippen LogP contribution in [0.25, 0.3) is 27.7 Å². The zero-order chi connectivity index (χ0) is 22.7. The minimum atomic E-state index is -0.804. The molecule has 1 aliphatic heterocycles. The summed E-state index contributed by atoms with van der Waals surface area (Å²) in [4.78, 5) is 21.1. The van der Waals surface area contributed by atoms with Crippen LogP contribution in [0.5, 0.6) is 5.75 Å². The average molecular weight is 432 g/mol. The highest BCUT2D eigenvalue weighted by molar-refractivity contribution is 5.70. The van der Waals surface area contributed by atoms with E-state index in [-0.39, 0.29) is 12.6 Å². The molecule has 8 nitrogen and oxygen atoms in total. The summed E-state index contributed by atoms with van der Waals surface area (Å²) in [6, 6.07) is 11.3. The molecule has 0 spiro atoms. The largest absolute Gasteiger partial charge is 0.502 e. The van der Waals surface area contributed by atoms with Gasteiger partial charge in [0.05, 0.1) is 19.2 Å². The topological polar surface area (TPSA) is 93.1 Å². The molecule has 164 valence electrons. The van der Waals surface area contributed by atoms with Crippen molar-refractivity contribution in [2.24, 2.45) is 0 Å². The maximum atomic E-state index is 11.0. The summed E-state index contributed by atoms with van der Waals surface area (Å²) in [6.07, 6.45) is 1.55. The molecule has 0 unspecified atom stereocenters. The molecule has 0 atom stereocenters. The Bertz CT molecular complexity index is 1180. The van der Waals surface area contributed by atoms with Crippen molar-refractivity contribution in [1.29, 1.82) is 0 Å². The minimum absolute atomic E-state index is 0.0271. The quantitative estimate of drug-likeness (QED) is 0.583. The van der Waals surface area contributed by atoms with Gasteiger partial charge in [-0.1, -0.05) is 17.3 Å². The Labute approximate surface area is 186 Å². The molecule has 0 saturated carbocycles. The van der Waals surface area contributed by atoms with Crippen molar-refractivity contribution in [3.8, 4) is 28.6 Å². The molecule has 2 heterocycles. The van der Waals surface area contributed by atoms with Gasteiger partial charge in [-0.15, -0.1) is 0 Å². The number of benzene rings is 2. The molecular weight excluding hydrogens is 408 g/mol. The van der Waals surface area contributed by atoms with Crippen LogP contribution >= 0.6 is 0 Å². The third-order valence-electron chi connectivity index (χ3n) is 5.33. The first-order valence-corrected chi connectivity index (χ1v) is 10.5. The number of fused-ring (bicyclic) bond motifs is 1. The van der Waals surface area contributed by atoms with Gasteiger partial charge < -0.3 is 14.4 Å². The number of carbonyl (C=O) groups is 1. The van der Waals surface area contributed by atoms with Gasteiger partial charge in [-0.3, -0.25) is 9.69 Å².